The number of benzene rings is 2. The van der Waals surface area contributed by atoms with E-state index in [2.05, 4.69) is 15.5 Å². The molecule has 0 aliphatic heterocycles. The van der Waals surface area contributed by atoms with Gasteiger partial charge >= 0.3 is 6.18 Å². The zero-order valence-corrected chi connectivity index (χ0v) is 15.5. The molecule has 0 fully saturated rings. The van der Waals surface area contributed by atoms with E-state index in [0.717, 1.165) is 12.1 Å². The van der Waals surface area contributed by atoms with Crippen LogP contribution in [0.4, 0.5) is 17.6 Å². The Morgan fingerprint density at radius 2 is 1.68 bits per heavy atom. The minimum Gasteiger partial charge on any atom is -0.337 e. The highest BCUT2D eigenvalue weighted by Gasteiger charge is 2.30. The van der Waals surface area contributed by atoms with Gasteiger partial charge in [-0.05, 0) is 50.1 Å². The lowest BCUT2D eigenvalue weighted by Gasteiger charge is -2.18. The Bertz CT molecular complexity index is 951. The summed E-state index contributed by atoms with van der Waals surface area (Å²) < 4.78 is 57.0. The summed E-state index contributed by atoms with van der Waals surface area (Å²) in [5, 5.41) is 7.08. The number of alkyl halides is 3. The van der Waals surface area contributed by atoms with Crippen molar-refractivity contribution in [3.63, 3.8) is 0 Å². The SMILES string of the molecule is Cc1ccc(-c2noc([C@@H](C)N[C@H](C)c3ccc(C(F)(F)F)cc3)n2)cc1F. The molecule has 3 rings (SSSR count). The van der Waals surface area contributed by atoms with Gasteiger partial charge in [0.05, 0.1) is 11.6 Å². The molecule has 28 heavy (non-hydrogen) atoms. The summed E-state index contributed by atoms with van der Waals surface area (Å²) in [6, 6.07) is 9.04. The van der Waals surface area contributed by atoms with Crippen molar-refractivity contribution in [2.45, 2.75) is 39.0 Å². The van der Waals surface area contributed by atoms with Crippen LogP contribution in [0.15, 0.2) is 47.0 Å². The topological polar surface area (TPSA) is 51.0 Å². The van der Waals surface area contributed by atoms with E-state index in [9.17, 15) is 17.6 Å². The molecular formula is C20H19F4N3O. The van der Waals surface area contributed by atoms with Crippen LogP contribution in [0.1, 0.15) is 48.5 Å². The summed E-state index contributed by atoms with van der Waals surface area (Å²) in [5.74, 6) is 0.213. The number of hydrogen-bond donors (Lipinski definition) is 1. The molecule has 4 nitrogen and oxygen atoms in total. The van der Waals surface area contributed by atoms with Gasteiger partial charge in [-0.2, -0.15) is 18.2 Å². The molecule has 2 aromatic carbocycles. The molecule has 0 amide bonds. The quantitative estimate of drug-likeness (QED) is 0.572. The fourth-order valence-electron chi connectivity index (χ4n) is 2.76. The molecule has 0 radical (unpaired) electrons. The molecule has 1 N–H and O–H groups in total. The van der Waals surface area contributed by atoms with Gasteiger partial charge in [-0.1, -0.05) is 29.4 Å². The number of aryl methyl sites for hydroxylation is 1. The van der Waals surface area contributed by atoms with E-state index in [1.807, 2.05) is 6.92 Å². The lowest BCUT2D eigenvalue weighted by Crippen LogP contribution is -2.22. The lowest BCUT2D eigenvalue weighted by atomic mass is 10.1. The van der Waals surface area contributed by atoms with E-state index >= 15 is 0 Å². The standard InChI is InChI=1S/C20H19F4N3O/c1-11-4-5-15(10-17(11)21)18-26-19(28-27-18)13(3)25-12(2)14-6-8-16(9-7-14)20(22,23)24/h4-10,12-13,25H,1-3H3/t12-,13-/m1/s1. The molecule has 2 atom stereocenters. The van der Waals surface area contributed by atoms with Crippen molar-refractivity contribution >= 4 is 0 Å². The minimum atomic E-state index is -4.36. The van der Waals surface area contributed by atoms with Crippen LogP contribution in [0.3, 0.4) is 0 Å². The number of halogens is 4. The van der Waals surface area contributed by atoms with Gasteiger partial charge in [0.15, 0.2) is 0 Å². The second-order valence-electron chi connectivity index (χ2n) is 6.65. The van der Waals surface area contributed by atoms with Crippen molar-refractivity contribution in [2.24, 2.45) is 0 Å². The zero-order valence-electron chi connectivity index (χ0n) is 15.5. The second kappa shape index (κ2) is 7.71. The highest BCUT2D eigenvalue weighted by molar-refractivity contribution is 5.55. The highest BCUT2D eigenvalue weighted by Crippen LogP contribution is 2.30. The van der Waals surface area contributed by atoms with Gasteiger partial charge in [0, 0.05) is 11.6 Å². The number of rotatable bonds is 5. The Balaban J connectivity index is 1.70. The van der Waals surface area contributed by atoms with Crippen LogP contribution in [0, 0.1) is 12.7 Å². The van der Waals surface area contributed by atoms with Crippen LogP contribution in [0.2, 0.25) is 0 Å². The third kappa shape index (κ3) is 4.39. The third-order valence-electron chi connectivity index (χ3n) is 4.48. The average Bonchev–Trinajstić information content (AvgIpc) is 3.13. The Morgan fingerprint density at radius 3 is 2.29 bits per heavy atom. The number of hydrogen-bond acceptors (Lipinski definition) is 4. The molecule has 0 aliphatic rings. The van der Waals surface area contributed by atoms with E-state index in [-0.39, 0.29) is 23.7 Å². The van der Waals surface area contributed by atoms with Gasteiger partial charge in [0.1, 0.15) is 5.82 Å². The summed E-state index contributed by atoms with van der Waals surface area (Å²) in [6.07, 6.45) is -4.36. The first-order valence-electron chi connectivity index (χ1n) is 8.68. The molecule has 0 unspecified atom stereocenters. The third-order valence-corrected chi connectivity index (χ3v) is 4.48. The van der Waals surface area contributed by atoms with Crippen LogP contribution >= 0.6 is 0 Å². The van der Waals surface area contributed by atoms with E-state index in [4.69, 9.17) is 4.52 Å². The van der Waals surface area contributed by atoms with E-state index in [1.165, 1.54) is 18.2 Å². The maximum Gasteiger partial charge on any atom is 0.416 e. The number of aromatic nitrogens is 2. The summed E-state index contributed by atoms with van der Waals surface area (Å²) in [4.78, 5) is 4.29. The van der Waals surface area contributed by atoms with Crippen LogP contribution in [0.25, 0.3) is 11.4 Å². The Morgan fingerprint density at radius 1 is 1.00 bits per heavy atom. The fourth-order valence-corrected chi connectivity index (χ4v) is 2.76. The molecule has 0 spiro atoms. The first-order chi connectivity index (χ1) is 13.1. The van der Waals surface area contributed by atoms with Gasteiger partial charge in [-0.3, -0.25) is 5.32 Å². The fraction of sp³-hybridized carbons (Fsp3) is 0.300. The predicted molar refractivity (Wildman–Crippen MR) is 95.8 cm³/mol. The first kappa shape index (κ1) is 20.0. The smallest absolute Gasteiger partial charge is 0.337 e. The summed E-state index contributed by atoms with van der Waals surface area (Å²) in [5.41, 5.74) is 1.03. The summed E-state index contributed by atoms with van der Waals surface area (Å²) in [7, 11) is 0. The Labute approximate surface area is 159 Å². The first-order valence-corrected chi connectivity index (χ1v) is 8.68. The van der Waals surface area contributed by atoms with Gasteiger partial charge in [-0.15, -0.1) is 0 Å². The molecule has 8 heteroatoms. The molecule has 0 aliphatic carbocycles. The summed E-state index contributed by atoms with van der Waals surface area (Å²) >= 11 is 0. The van der Waals surface area contributed by atoms with Crippen LogP contribution < -0.4 is 5.32 Å². The Kier molecular flexibility index (Phi) is 5.51. The van der Waals surface area contributed by atoms with Crippen molar-refractivity contribution in [3.05, 3.63) is 70.9 Å². The molecule has 0 bridgehead atoms. The van der Waals surface area contributed by atoms with Gasteiger partial charge < -0.3 is 4.52 Å². The molecular weight excluding hydrogens is 374 g/mol. The van der Waals surface area contributed by atoms with Crippen LogP contribution in [-0.4, -0.2) is 10.1 Å². The van der Waals surface area contributed by atoms with Crippen molar-refractivity contribution in [3.8, 4) is 11.4 Å². The van der Waals surface area contributed by atoms with Gasteiger partial charge in [0.25, 0.3) is 0 Å². The molecule has 148 valence electrons. The zero-order chi connectivity index (χ0) is 20.5. The molecule has 1 aromatic heterocycles. The van der Waals surface area contributed by atoms with Crippen LogP contribution in [-0.2, 0) is 6.18 Å². The van der Waals surface area contributed by atoms with E-state index < -0.39 is 11.7 Å². The van der Waals surface area contributed by atoms with Crippen molar-refractivity contribution in [1.29, 1.82) is 0 Å². The molecule has 1 heterocycles. The van der Waals surface area contributed by atoms with Crippen molar-refractivity contribution in [2.75, 3.05) is 0 Å². The van der Waals surface area contributed by atoms with Gasteiger partial charge in [-0.25, -0.2) is 4.39 Å². The minimum absolute atomic E-state index is 0.246. The maximum absolute atomic E-state index is 13.7. The summed E-state index contributed by atoms with van der Waals surface area (Å²) in [6.45, 7) is 5.29. The van der Waals surface area contributed by atoms with Crippen molar-refractivity contribution < 1.29 is 22.1 Å². The predicted octanol–water partition coefficient (Wildman–Crippen LogP) is 5.61. The van der Waals surface area contributed by atoms with Gasteiger partial charge in [0.2, 0.25) is 11.7 Å². The van der Waals surface area contributed by atoms with E-state index in [0.29, 0.717) is 22.6 Å². The molecule has 0 saturated heterocycles. The average molecular weight is 393 g/mol. The number of nitrogens with one attached hydrogen (secondary N) is 1. The normalized spacial score (nSPS) is 14.1. The molecule has 3 aromatic rings. The number of nitrogens with zero attached hydrogens (tertiary/aromatic N) is 2. The monoisotopic (exact) mass is 393 g/mol. The van der Waals surface area contributed by atoms with Crippen molar-refractivity contribution in [1.82, 2.24) is 15.5 Å². The largest absolute Gasteiger partial charge is 0.416 e. The molecule has 0 saturated carbocycles. The van der Waals surface area contributed by atoms with E-state index in [1.54, 1.807) is 26.0 Å². The second-order valence-corrected chi connectivity index (χ2v) is 6.65. The highest BCUT2D eigenvalue weighted by atomic mass is 19.4. The van der Waals surface area contributed by atoms with Crippen LogP contribution in [0.5, 0.6) is 0 Å². The maximum atomic E-state index is 13.7. The lowest BCUT2D eigenvalue weighted by molar-refractivity contribution is -0.137. The Hall–Kier alpha value is -2.74.